The van der Waals surface area contributed by atoms with Crippen LogP contribution in [0.25, 0.3) is 0 Å². The van der Waals surface area contributed by atoms with Crippen molar-refractivity contribution in [2.24, 2.45) is 11.8 Å². The van der Waals surface area contributed by atoms with Crippen LogP contribution in [-0.2, 0) is 4.79 Å². The van der Waals surface area contributed by atoms with Crippen molar-refractivity contribution in [3.8, 4) is 0 Å². The Morgan fingerprint density at radius 2 is 2.11 bits per heavy atom. The monoisotopic (exact) mass is 395 g/mol. The Morgan fingerprint density at radius 1 is 1.50 bits per heavy atom. The van der Waals surface area contributed by atoms with Gasteiger partial charge >= 0.3 is 5.97 Å². The minimum absolute atomic E-state index is 0.0438. The molecule has 98 valence electrons. The van der Waals surface area contributed by atoms with Gasteiger partial charge in [0.25, 0.3) is 5.91 Å². The van der Waals surface area contributed by atoms with Gasteiger partial charge in [-0.15, -0.1) is 11.3 Å². The van der Waals surface area contributed by atoms with Crippen LogP contribution < -0.4 is 0 Å². The first-order valence-electron chi connectivity index (χ1n) is 5.37. The molecule has 1 aromatic rings. The minimum atomic E-state index is -0.799. The van der Waals surface area contributed by atoms with Gasteiger partial charge in [0.2, 0.25) is 0 Å². The van der Waals surface area contributed by atoms with Crippen LogP contribution in [0.1, 0.15) is 17.3 Å². The first kappa shape index (κ1) is 14.0. The molecule has 1 aliphatic heterocycles. The molecule has 1 aromatic heterocycles. The van der Waals surface area contributed by atoms with Crippen molar-refractivity contribution in [1.82, 2.24) is 4.90 Å². The number of carboxylic acids is 1. The van der Waals surface area contributed by atoms with E-state index < -0.39 is 11.9 Å². The Bertz CT molecular complexity index is 496. The van der Waals surface area contributed by atoms with E-state index in [1.807, 2.05) is 0 Å². The van der Waals surface area contributed by atoms with Gasteiger partial charge in [0.05, 0.1) is 19.1 Å². The van der Waals surface area contributed by atoms with Crippen molar-refractivity contribution in [1.29, 1.82) is 0 Å². The van der Waals surface area contributed by atoms with E-state index in [9.17, 15) is 9.59 Å². The molecule has 1 amide bonds. The maximum Gasteiger partial charge on any atom is 0.306 e. The van der Waals surface area contributed by atoms with Gasteiger partial charge in [0.15, 0.2) is 0 Å². The van der Waals surface area contributed by atoms with Crippen LogP contribution in [0.2, 0.25) is 0 Å². The number of carbonyl (C=O) groups excluding carboxylic acids is 1. The summed E-state index contributed by atoms with van der Waals surface area (Å²) in [6.07, 6.45) is 0. The van der Waals surface area contributed by atoms with Crippen LogP contribution in [0.3, 0.4) is 0 Å². The average molecular weight is 397 g/mol. The second kappa shape index (κ2) is 5.30. The molecular weight excluding hydrogens is 386 g/mol. The van der Waals surface area contributed by atoms with Gasteiger partial charge in [-0.3, -0.25) is 9.59 Å². The second-order valence-corrected chi connectivity index (χ2v) is 8.08. The number of hydrogen-bond acceptors (Lipinski definition) is 3. The lowest BCUT2D eigenvalue weighted by atomic mass is 9.87. The maximum atomic E-state index is 12.1. The van der Waals surface area contributed by atoms with Crippen LogP contribution in [0.5, 0.6) is 0 Å². The number of halogens is 2. The highest BCUT2D eigenvalue weighted by molar-refractivity contribution is 9.12. The van der Waals surface area contributed by atoms with E-state index >= 15 is 0 Å². The molecule has 7 heteroatoms. The lowest BCUT2D eigenvalue weighted by molar-refractivity contribution is -0.144. The molecule has 0 aliphatic carbocycles. The SMILES string of the molecule is CC(C(=O)O)C1CN(C(=O)c2cc(Br)sc2Br)C1. The molecule has 1 fully saturated rings. The predicted molar refractivity (Wildman–Crippen MR) is 75.9 cm³/mol. The standard InChI is InChI=1S/C11H11Br2NO3S/c1-5(11(16)17)6-3-14(4-6)10(15)7-2-8(12)18-9(7)13/h2,5-6H,3-4H2,1H3,(H,16,17). The van der Waals surface area contributed by atoms with Crippen LogP contribution in [0, 0.1) is 11.8 Å². The third-order valence-corrected chi connectivity index (χ3v) is 5.52. The minimum Gasteiger partial charge on any atom is -0.481 e. The van der Waals surface area contributed by atoms with Crippen LogP contribution >= 0.6 is 43.2 Å². The summed E-state index contributed by atoms with van der Waals surface area (Å²) in [5, 5.41) is 8.89. The number of aliphatic carboxylic acids is 1. The number of nitrogens with zero attached hydrogens (tertiary/aromatic N) is 1. The molecule has 4 nitrogen and oxygen atoms in total. The summed E-state index contributed by atoms with van der Waals surface area (Å²) >= 11 is 8.14. The van der Waals surface area contributed by atoms with Crippen molar-refractivity contribution in [3.05, 3.63) is 19.2 Å². The van der Waals surface area contributed by atoms with Gasteiger partial charge in [-0.05, 0) is 37.9 Å². The van der Waals surface area contributed by atoms with Gasteiger partial charge in [0.1, 0.15) is 0 Å². The molecule has 0 bridgehead atoms. The van der Waals surface area contributed by atoms with Crippen molar-refractivity contribution < 1.29 is 14.7 Å². The largest absolute Gasteiger partial charge is 0.481 e. The zero-order valence-corrected chi connectivity index (χ0v) is 13.5. The molecule has 2 heterocycles. The molecule has 1 saturated heterocycles. The molecule has 0 spiro atoms. The van der Waals surface area contributed by atoms with E-state index in [0.29, 0.717) is 18.7 Å². The van der Waals surface area contributed by atoms with Crippen molar-refractivity contribution >= 4 is 55.1 Å². The van der Waals surface area contributed by atoms with E-state index in [1.54, 1.807) is 17.9 Å². The number of likely N-dealkylation sites (tertiary alicyclic amines) is 1. The average Bonchev–Trinajstić information content (AvgIpc) is 2.55. The highest BCUT2D eigenvalue weighted by atomic mass is 79.9. The molecule has 0 radical (unpaired) electrons. The predicted octanol–water partition coefficient (Wildman–Crippen LogP) is 3.07. The number of rotatable bonds is 3. The summed E-state index contributed by atoms with van der Waals surface area (Å²) in [6, 6.07) is 1.78. The number of thiophene rings is 1. The summed E-state index contributed by atoms with van der Waals surface area (Å²) in [5.41, 5.74) is 0.633. The summed E-state index contributed by atoms with van der Waals surface area (Å²) in [7, 11) is 0. The number of carboxylic acid groups (broad SMARTS) is 1. The normalized spacial score (nSPS) is 17.4. The maximum absolute atomic E-state index is 12.1. The fraction of sp³-hybridized carbons (Fsp3) is 0.455. The molecule has 1 aliphatic rings. The fourth-order valence-electron chi connectivity index (χ4n) is 1.85. The topological polar surface area (TPSA) is 57.6 Å². The molecule has 18 heavy (non-hydrogen) atoms. The lowest BCUT2D eigenvalue weighted by Crippen LogP contribution is -2.53. The summed E-state index contributed by atoms with van der Waals surface area (Å²) < 4.78 is 1.70. The van der Waals surface area contributed by atoms with Crippen LogP contribution in [0.4, 0.5) is 0 Å². The highest BCUT2D eigenvalue weighted by Crippen LogP contribution is 2.34. The summed E-state index contributed by atoms with van der Waals surface area (Å²) in [6.45, 7) is 2.73. The van der Waals surface area contributed by atoms with Crippen molar-refractivity contribution in [2.45, 2.75) is 6.92 Å². The fourth-order valence-corrected chi connectivity index (χ4v) is 4.63. The van der Waals surface area contributed by atoms with Gasteiger partial charge < -0.3 is 10.0 Å². The Kier molecular flexibility index (Phi) is 4.13. The van der Waals surface area contributed by atoms with E-state index in [-0.39, 0.29) is 11.8 Å². The molecular formula is C11H11Br2NO3S. The Balaban J connectivity index is 1.98. The van der Waals surface area contributed by atoms with Crippen molar-refractivity contribution in [2.75, 3.05) is 13.1 Å². The van der Waals surface area contributed by atoms with Gasteiger partial charge in [-0.25, -0.2) is 0 Å². The first-order chi connectivity index (χ1) is 8.40. The molecule has 1 atom stereocenters. The smallest absolute Gasteiger partial charge is 0.306 e. The molecule has 0 aromatic carbocycles. The number of carbonyl (C=O) groups is 2. The Morgan fingerprint density at radius 3 is 2.56 bits per heavy atom. The number of amides is 1. The van der Waals surface area contributed by atoms with E-state index in [0.717, 1.165) is 7.57 Å². The zero-order chi connectivity index (χ0) is 13.4. The molecule has 2 rings (SSSR count). The van der Waals surface area contributed by atoms with Crippen LogP contribution in [-0.4, -0.2) is 35.0 Å². The van der Waals surface area contributed by atoms with Crippen LogP contribution in [0.15, 0.2) is 13.6 Å². The van der Waals surface area contributed by atoms with Crippen molar-refractivity contribution in [3.63, 3.8) is 0 Å². The van der Waals surface area contributed by atoms with E-state index in [2.05, 4.69) is 31.9 Å². The third kappa shape index (κ3) is 2.62. The third-order valence-electron chi connectivity index (χ3n) is 3.18. The number of hydrogen-bond donors (Lipinski definition) is 1. The summed E-state index contributed by atoms with van der Waals surface area (Å²) in [5.74, 6) is -1.18. The van der Waals surface area contributed by atoms with Gasteiger partial charge in [-0.2, -0.15) is 0 Å². The highest BCUT2D eigenvalue weighted by Gasteiger charge is 2.38. The lowest BCUT2D eigenvalue weighted by Gasteiger charge is -2.41. The zero-order valence-electron chi connectivity index (χ0n) is 9.52. The molecule has 1 N–H and O–H groups in total. The Hall–Kier alpha value is -0.400. The first-order valence-corrected chi connectivity index (χ1v) is 7.77. The quantitative estimate of drug-likeness (QED) is 0.854. The molecule has 0 saturated carbocycles. The van der Waals surface area contributed by atoms with Gasteiger partial charge in [0, 0.05) is 19.0 Å². The van der Waals surface area contributed by atoms with E-state index in [4.69, 9.17) is 5.11 Å². The molecule has 1 unspecified atom stereocenters. The summed E-state index contributed by atoms with van der Waals surface area (Å²) in [4.78, 5) is 24.6. The van der Waals surface area contributed by atoms with Gasteiger partial charge in [-0.1, -0.05) is 6.92 Å². The Labute approximate surface area is 125 Å². The second-order valence-electron chi connectivity index (χ2n) is 4.34. The van der Waals surface area contributed by atoms with E-state index in [1.165, 1.54) is 11.3 Å².